The number of amides is 1. The number of benzene rings is 1. The predicted octanol–water partition coefficient (Wildman–Crippen LogP) is 0.831. The first kappa shape index (κ1) is 14.4. The summed E-state index contributed by atoms with van der Waals surface area (Å²) in [6.45, 7) is 1.08. The molecule has 1 aromatic carbocycles. The first-order chi connectivity index (χ1) is 9.67. The Labute approximate surface area is 117 Å². The van der Waals surface area contributed by atoms with Crippen LogP contribution in [0.1, 0.15) is 10.4 Å². The van der Waals surface area contributed by atoms with E-state index >= 15 is 0 Å². The van der Waals surface area contributed by atoms with E-state index in [1.807, 2.05) is 6.07 Å². The van der Waals surface area contributed by atoms with Gasteiger partial charge in [0.1, 0.15) is 0 Å². The third-order valence-corrected chi connectivity index (χ3v) is 3.16. The lowest BCUT2D eigenvalue weighted by molar-refractivity contribution is 0.0658. The Hall–Kier alpha value is -2.05. The van der Waals surface area contributed by atoms with Crippen LogP contribution in [0.25, 0.3) is 10.9 Å². The number of aromatic amines is 1. The molecule has 108 valence electrons. The lowest BCUT2D eigenvalue weighted by atomic mass is 10.1. The Morgan fingerprint density at radius 2 is 2.25 bits per heavy atom. The van der Waals surface area contributed by atoms with Gasteiger partial charge < -0.3 is 25.5 Å². The second kappa shape index (κ2) is 6.40. The Balaban J connectivity index is 2.28. The summed E-state index contributed by atoms with van der Waals surface area (Å²) in [4.78, 5) is 17.1. The fourth-order valence-electron chi connectivity index (χ4n) is 2.13. The summed E-state index contributed by atoms with van der Waals surface area (Å²) in [5.41, 5.74) is 7.76. The number of aliphatic hydroxyl groups excluding tert-OH is 1. The molecule has 4 N–H and O–H groups in total. The van der Waals surface area contributed by atoms with Crippen LogP contribution in [-0.2, 0) is 4.74 Å². The maximum absolute atomic E-state index is 12.5. The van der Waals surface area contributed by atoms with Crippen LogP contribution in [0.3, 0.4) is 0 Å². The summed E-state index contributed by atoms with van der Waals surface area (Å²) in [5.74, 6) is -0.132. The smallest absolute Gasteiger partial charge is 0.256 e. The Kier molecular flexibility index (Phi) is 4.60. The minimum absolute atomic E-state index is 0.0786. The monoisotopic (exact) mass is 277 g/mol. The number of rotatable bonds is 6. The van der Waals surface area contributed by atoms with Crippen molar-refractivity contribution in [2.24, 2.45) is 0 Å². The third-order valence-electron chi connectivity index (χ3n) is 3.16. The summed E-state index contributed by atoms with van der Waals surface area (Å²) in [5, 5.41) is 9.90. The van der Waals surface area contributed by atoms with Gasteiger partial charge in [-0.05, 0) is 18.2 Å². The molecule has 0 bridgehead atoms. The molecule has 0 unspecified atom stereocenters. The highest BCUT2D eigenvalue weighted by molar-refractivity contribution is 6.07. The molecule has 2 rings (SSSR count). The number of carbonyl (C=O) groups excluding carboxylic acids is 1. The molecule has 6 heteroatoms. The molecule has 0 fully saturated rings. The van der Waals surface area contributed by atoms with Gasteiger partial charge in [0.2, 0.25) is 0 Å². The number of H-pyrrole nitrogens is 1. The van der Waals surface area contributed by atoms with Crippen molar-refractivity contribution in [3.05, 3.63) is 30.0 Å². The molecule has 2 aromatic rings. The van der Waals surface area contributed by atoms with Crippen LogP contribution in [0, 0.1) is 0 Å². The van der Waals surface area contributed by atoms with Crippen LogP contribution >= 0.6 is 0 Å². The van der Waals surface area contributed by atoms with Crippen molar-refractivity contribution in [1.29, 1.82) is 0 Å². The normalized spacial score (nSPS) is 10.9. The van der Waals surface area contributed by atoms with E-state index < -0.39 is 0 Å². The van der Waals surface area contributed by atoms with Gasteiger partial charge in [0.15, 0.2) is 0 Å². The van der Waals surface area contributed by atoms with Crippen LogP contribution in [-0.4, -0.2) is 54.3 Å². The number of aliphatic hydroxyl groups is 1. The zero-order valence-electron chi connectivity index (χ0n) is 11.4. The zero-order chi connectivity index (χ0) is 14.5. The standard InChI is InChI=1S/C14H19N3O3/c1-20-7-5-17(4-6-18)14(19)12-9-16-13-8-10(15)2-3-11(12)13/h2-3,8-9,16,18H,4-7,15H2,1H3. The molecule has 0 saturated heterocycles. The minimum Gasteiger partial charge on any atom is -0.399 e. The van der Waals surface area contributed by atoms with Crippen molar-refractivity contribution in [2.45, 2.75) is 0 Å². The van der Waals surface area contributed by atoms with Crippen LogP contribution in [0.4, 0.5) is 5.69 Å². The topological polar surface area (TPSA) is 91.6 Å². The summed E-state index contributed by atoms with van der Waals surface area (Å²) in [6.07, 6.45) is 1.67. The average Bonchev–Trinajstić information content (AvgIpc) is 2.85. The van der Waals surface area contributed by atoms with E-state index in [0.717, 1.165) is 10.9 Å². The quantitative estimate of drug-likeness (QED) is 0.682. The maximum Gasteiger partial charge on any atom is 0.256 e. The SMILES string of the molecule is COCCN(CCO)C(=O)c1c[nH]c2cc(N)ccc12. The minimum atomic E-state index is -0.132. The van der Waals surface area contributed by atoms with E-state index in [9.17, 15) is 4.79 Å². The lowest BCUT2D eigenvalue weighted by Gasteiger charge is -2.21. The highest BCUT2D eigenvalue weighted by Crippen LogP contribution is 2.21. The van der Waals surface area contributed by atoms with Crippen LogP contribution in [0.2, 0.25) is 0 Å². The molecule has 0 atom stereocenters. The van der Waals surface area contributed by atoms with Gasteiger partial charge in [0.05, 0.1) is 18.8 Å². The largest absolute Gasteiger partial charge is 0.399 e. The van der Waals surface area contributed by atoms with Gasteiger partial charge in [-0.25, -0.2) is 0 Å². The summed E-state index contributed by atoms with van der Waals surface area (Å²) >= 11 is 0. The summed E-state index contributed by atoms with van der Waals surface area (Å²) in [7, 11) is 1.58. The fourth-order valence-corrected chi connectivity index (χ4v) is 2.13. The lowest BCUT2D eigenvalue weighted by Crippen LogP contribution is -2.36. The van der Waals surface area contributed by atoms with Crippen molar-refractivity contribution >= 4 is 22.5 Å². The molecular formula is C14H19N3O3. The number of aromatic nitrogens is 1. The number of fused-ring (bicyclic) bond motifs is 1. The van der Waals surface area contributed by atoms with Gasteiger partial charge in [-0.1, -0.05) is 0 Å². The molecule has 6 nitrogen and oxygen atoms in total. The van der Waals surface area contributed by atoms with Crippen molar-refractivity contribution in [3.8, 4) is 0 Å². The van der Waals surface area contributed by atoms with E-state index in [2.05, 4.69) is 4.98 Å². The van der Waals surface area contributed by atoms with Gasteiger partial charge >= 0.3 is 0 Å². The number of hydrogen-bond acceptors (Lipinski definition) is 4. The van der Waals surface area contributed by atoms with Crippen LogP contribution < -0.4 is 5.73 Å². The molecule has 0 saturated carbocycles. The first-order valence-corrected chi connectivity index (χ1v) is 6.43. The van der Waals surface area contributed by atoms with E-state index in [0.29, 0.717) is 24.4 Å². The number of anilines is 1. The number of methoxy groups -OCH3 is 1. The zero-order valence-corrected chi connectivity index (χ0v) is 11.4. The van der Waals surface area contributed by atoms with E-state index in [4.69, 9.17) is 15.6 Å². The third kappa shape index (κ3) is 2.92. The van der Waals surface area contributed by atoms with Gasteiger partial charge in [-0.15, -0.1) is 0 Å². The van der Waals surface area contributed by atoms with E-state index in [1.54, 1.807) is 30.3 Å². The highest BCUT2D eigenvalue weighted by atomic mass is 16.5. The second-order valence-electron chi connectivity index (χ2n) is 4.52. The number of ether oxygens (including phenoxy) is 1. The van der Waals surface area contributed by atoms with Gasteiger partial charge in [-0.2, -0.15) is 0 Å². The molecule has 0 aliphatic heterocycles. The number of carbonyl (C=O) groups is 1. The fraction of sp³-hybridized carbons (Fsp3) is 0.357. The average molecular weight is 277 g/mol. The van der Waals surface area contributed by atoms with E-state index in [-0.39, 0.29) is 19.1 Å². The van der Waals surface area contributed by atoms with Crippen LogP contribution in [0.5, 0.6) is 0 Å². The number of nitrogens with two attached hydrogens (primary N) is 1. The van der Waals surface area contributed by atoms with E-state index in [1.165, 1.54) is 0 Å². The molecule has 0 radical (unpaired) electrons. The predicted molar refractivity (Wildman–Crippen MR) is 77.6 cm³/mol. The Morgan fingerprint density at radius 1 is 1.45 bits per heavy atom. The van der Waals surface area contributed by atoms with Gasteiger partial charge in [0.25, 0.3) is 5.91 Å². The highest BCUT2D eigenvalue weighted by Gasteiger charge is 2.18. The van der Waals surface area contributed by atoms with Crippen molar-refractivity contribution < 1.29 is 14.6 Å². The number of hydrogen-bond donors (Lipinski definition) is 3. The molecule has 1 heterocycles. The van der Waals surface area contributed by atoms with Crippen LogP contribution in [0.15, 0.2) is 24.4 Å². The molecule has 0 aliphatic rings. The van der Waals surface area contributed by atoms with Gasteiger partial charge in [-0.3, -0.25) is 4.79 Å². The number of nitrogens with one attached hydrogen (secondary N) is 1. The second-order valence-corrected chi connectivity index (χ2v) is 4.52. The van der Waals surface area contributed by atoms with Crippen molar-refractivity contribution in [1.82, 2.24) is 9.88 Å². The van der Waals surface area contributed by atoms with Gasteiger partial charge in [0, 0.05) is 43.0 Å². The van der Waals surface area contributed by atoms with Crippen molar-refractivity contribution in [3.63, 3.8) is 0 Å². The summed E-state index contributed by atoms with van der Waals surface area (Å²) in [6, 6.07) is 5.37. The Morgan fingerprint density at radius 3 is 2.95 bits per heavy atom. The molecule has 20 heavy (non-hydrogen) atoms. The first-order valence-electron chi connectivity index (χ1n) is 6.43. The number of nitrogen functional groups attached to an aromatic ring is 1. The Bertz CT molecular complexity index is 594. The summed E-state index contributed by atoms with van der Waals surface area (Å²) < 4.78 is 4.99. The molecule has 1 amide bonds. The molecular weight excluding hydrogens is 258 g/mol. The number of nitrogens with zero attached hydrogens (tertiary/aromatic N) is 1. The maximum atomic E-state index is 12.5. The molecule has 0 spiro atoms. The molecule has 1 aromatic heterocycles. The molecule has 0 aliphatic carbocycles. The van der Waals surface area contributed by atoms with Crippen molar-refractivity contribution in [2.75, 3.05) is 39.1 Å².